The molecule has 0 amide bonds. The molecule has 2 atom stereocenters. The molecule has 0 heterocycles. The predicted molar refractivity (Wildman–Crippen MR) is 86.8 cm³/mol. The fourth-order valence-corrected chi connectivity index (χ4v) is 2.90. The fourth-order valence-electron chi connectivity index (χ4n) is 2.90. The molecule has 0 saturated carbocycles. The van der Waals surface area contributed by atoms with Gasteiger partial charge in [0.15, 0.2) is 0 Å². The Labute approximate surface area is 131 Å². The molecule has 116 valence electrons. The minimum absolute atomic E-state index is 0.0631. The molecule has 2 unspecified atom stereocenters. The van der Waals surface area contributed by atoms with Gasteiger partial charge in [0, 0.05) is 0 Å². The van der Waals surface area contributed by atoms with Gasteiger partial charge in [-0.25, -0.2) is 0 Å². The second-order valence-electron chi connectivity index (χ2n) is 5.92. The average Bonchev–Trinajstić information content (AvgIpc) is 2.55. The van der Waals surface area contributed by atoms with Crippen LogP contribution in [0.4, 0.5) is 0 Å². The molecule has 2 aromatic carbocycles. The molecule has 0 spiro atoms. The van der Waals surface area contributed by atoms with Crippen LogP contribution in [0.25, 0.3) is 0 Å². The third-order valence-corrected chi connectivity index (χ3v) is 4.21. The molecule has 0 aliphatic heterocycles. The van der Waals surface area contributed by atoms with Crippen LogP contribution in [-0.2, 0) is 11.2 Å². The van der Waals surface area contributed by atoms with Crippen LogP contribution < -0.4 is 0 Å². The van der Waals surface area contributed by atoms with Gasteiger partial charge in [-0.1, -0.05) is 67.6 Å². The summed E-state index contributed by atoms with van der Waals surface area (Å²) in [6.45, 7) is 1.64. The summed E-state index contributed by atoms with van der Waals surface area (Å²) in [6, 6.07) is 19.3. The Bertz CT molecular complexity index is 595. The summed E-state index contributed by atoms with van der Waals surface area (Å²) < 4.78 is 0. The highest BCUT2D eigenvalue weighted by Gasteiger charge is 2.39. The summed E-state index contributed by atoms with van der Waals surface area (Å²) in [5.41, 5.74) is 0.866. The number of hydrogen-bond acceptors (Lipinski definition) is 2. The molecule has 0 bridgehead atoms. The summed E-state index contributed by atoms with van der Waals surface area (Å²) in [6.07, 6.45) is 0.731. The average molecular weight is 298 g/mol. The van der Waals surface area contributed by atoms with Crippen molar-refractivity contribution in [2.45, 2.75) is 25.7 Å². The lowest BCUT2D eigenvalue weighted by atomic mass is 9.74. The van der Waals surface area contributed by atoms with Crippen LogP contribution in [0.2, 0.25) is 0 Å². The Morgan fingerprint density at radius 2 is 1.59 bits per heavy atom. The Hall–Kier alpha value is -2.13. The van der Waals surface area contributed by atoms with E-state index in [2.05, 4.69) is 0 Å². The number of aliphatic carboxylic acids is 1. The lowest BCUT2D eigenvalue weighted by Gasteiger charge is -2.30. The summed E-state index contributed by atoms with van der Waals surface area (Å²) in [5.74, 6) is -0.880. The molecule has 0 aliphatic carbocycles. The van der Waals surface area contributed by atoms with E-state index in [9.17, 15) is 15.0 Å². The second-order valence-corrected chi connectivity index (χ2v) is 5.92. The Morgan fingerprint density at radius 3 is 2.09 bits per heavy atom. The van der Waals surface area contributed by atoms with E-state index in [1.54, 1.807) is 0 Å². The maximum absolute atomic E-state index is 11.9. The Kier molecular flexibility index (Phi) is 5.34. The molecule has 2 rings (SSSR count). The molecule has 2 N–H and O–H groups in total. The molecule has 22 heavy (non-hydrogen) atoms. The van der Waals surface area contributed by atoms with Crippen LogP contribution in [0.1, 0.15) is 30.4 Å². The van der Waals surface area contributed by atoms with Crippen molar-refractivity contribution >= 4 is 5.97 Å². The summed E-state index contributed by atoms with van der Waals surface area (Å²) >= 11 is 0. The van der Waals surface area contributed by atoms with Crippen LogP contribution in [0.3, 0.4) is 0 Å². The van der Waals surface area contributed by atoms with Gasteiger partial charge in [-0.2, -0.15) is 0 Å². The maximum Gasteiger partial charge on any atom is 0.312 e. The quantitative estimate of drug-likeness (QED) is 0.822. The fraction of sp³-hybridized carbons (Fsp3) is 0.316. The zero-order valence-electron chi connectivity index (χ0n) is 12.8. The van der Waals surface area contributed by atoms with Gasteiger partial charge in [0.05, 0.1) is 12.0 Å². The van der Waals surface area contributed by atoms with E-state index >= 15 is 0 Å². The highest BCUT2D eigenvalue weighted by molar-refractivity contribution is 5.75. The zero-order chi connectivity index (χ0) is 16.0. The monoisotopic (exact) mass is 298 g/mol. The third-order valence-electron chi connectivity index (χ3n) is 4.21. The van der Waals surface area contributed by atoms with Crippen molar-refractivity contribution in [3.05, 3.63) is 71.8 Å². The molecule has 2 aromatic rings. The highest BCUT2D eigenvalue weighted by Crippen LogP contribution is 2.35. The van der Waals surface area contributed by atoms with Gasteiger partial charge in [0.2, 0.25) is 0 Å². The Balaban J connectivity index is 2.24. The lowest BCUT2D eigenvalue weighted by Crippen LogP contribution is -2.38. The van der Waals surface area contributed by atoms with Crippen LogP contribution in [0.15, 0.2) is 60.7 Å². The van der Waals surface area contributed by atoms with E-state index in [4.69, 9.17) is 0 Å². The SMILES string of the molecule is CC(CC(CO)(Cc1ccccc1)C(=O)O)c1ccccc1. The summed E-state index contributed by atoms with van der Waals surface area (Å²) in [5, 5.41) is 19.5. The van der Waals surface area contributed by atoms with E-state index in [-0.39, 0.29) is 12.5 Å². The molecule has 0 aliphatic rings. The van der Waals surface area contributed by atoms with Gasteiger partial charge in [-0.05, 0) is 29.9 Å². The molecule has 0 radical (unpaired) electrons. The maximum atomic E-state index is 11.9. The predicted octanol–water partition coefficient (Wildman–Crippen LogP) is 3.49. The van der Waals surface area contributed by atoms with Crippen molar-refractivity contribution in [2.75, 3.05) is 6.61 Å². The number of aliphatic hydroxyl groups excluding tert-OH is 1. The van der Waals surface area contributed by atoms with E-state index in [1.165, 1.54) is 0 Å². The van der Waals surface area contributed by atoms with E-state index < -0.39 is 11.4 Å². The number of rotatable bonds is 7. The van der Waals surface area contributed by atoms with Crippen molar-refractivity contribution < 1.29 is 15.0 Å². The largest absolute Gasteiger partial charge is 0.481 e. The van der Waals surface area contributed by atoms with E-state index in [0.29, 0.717) is 12.8 Å². The van der Waals surface area contributed by atoms with Crippen molar-refractivity contribution in [1.82, 2.24) is 0 Å². The number of benzene rings is 2. The number of aliphatic hydroxyl groups is 1. The van der Waals surface area contributed by atoms with Crippen LogP contribution in [0, 0.1) is 5.41 Å². The standard InChI is InChI=1S/C19H22O3/c1-15(17-10-6-3-7-11-17)12-19(14-20,18(21)22)13-16-8-4-2-5-9-16/h2-11,15,20H,12-14H2,1H3,(H,21,22). The first-order valence-electron chi connectivity index (χ1n) is 7.50. The molecule has 0 fully saturated rings. The molecule has 0 saturated heterocycles. The first-order valence-corrected chi connectivity index (χ1v) is 7.50. The van der Waals surface area contributed by atoms with Crippen LogP contribution >= 0.6 is 0 Å². The molecule has 3 nitrogen and oxygen atoms in total. The van der Waals surface area contributed by atoms with Gasteiger partial charge >= 0.3 is 5.97 Å². The smallest absolute Gasteiger partial charge is 0.312 e. The lowest BCUT2D eigenvalue weighted by molar-refractivity contribution is -0.152. The number of hydrogen-bond donors (Lipinski definition) is 2. The summed E-state index contributed by atoms with van der Waals surface area (Å²) in [7, 11) is 0. The van der Waals surface area contributed by atoms with Gasteiger partial charge < -0.3 is 10.2 Å². The van der Waals surface area contributed by atoms with E-state index in [1.807, 2.05) is 67.6 Å². The van der Waals surface area contributed by atoms with E-state index in [0.717, 1.165) is 11.1 Å². The molecular weight excluding hydrogens is 276 g/mol. The summed E-state index contributed by atoms with van der Waals surface area (Å²) in [4.78, 5) is 11.9. The minimum atomic E-state index is -1.16. The first kappa shape index (κ1) is 16.2. The van der Waals surface area contributed by atoms with Crippen LogP contribution in [-0.4, -0.2) is 22.8 Å². The molecule has 3 heteroatoms. The molecular formula is C19H22O3. The Morgan fingerprint density at radius 1 is 1.05 bits per heavy atom. The number of carboxylic acid groups (broad SMARTS) is 1. The van der Waals surface area contributed by atoms with Crippen molar-refractivity contribution in [3.63, 3.8) is 0 Å². The normalized spacial score (nSPS) is 15.0. The third kappa shape index (κ3) is 3.74. The van der Waals surface area contributed by atoms with Gasteiger partial charge in [0.1, 0.15) is 0 Å². The van der Waals surface area contributed by atoms with Crippen molar-refractivity contribution in [1.29, 1.82) is 0 Å². The number of carboxylic acids is 1. The van der Waals surface area contributed by atoms with Crippen molar-refractivity contribution in [3.8, 4) is 0 Å². The van der Waals surface area contributed by atoms with Crippen molar-refractivity contribution in [2.24, 2.45) is 5.41 Å². The minimum Gasteiger partial charge on any atom is -0.481 e. The number of carbonyl (C=O) groups is 1. The first-order chi connectivity index (χ1) is 10.6. The highest BCUT2D eigenvalue weighted by atomic mass is 16.4. The second kappa shape index (κ2) is 7.23. The van der Waals surface area contributed by atoms with Gasteiger partial charge in [-0.3, -0.25) is 4.79 Å². The van der Waals surface area contributed by atoms with Gasteiger partial charge in [0.25, 0.3) is 0 Å². The molecule has 0 aromatic heterocycles. The topological polar surface area (TPSA) is 57.5 Å². The zero-order valence-corrected chi connectivity index (χ0v) is 12.8. The van der Waals surface area contributed by atoms with Gasteiger partial charge in [-0.15, -0.1) is 0 Å². The van der Waals surface area contributed by atoms with Crippen LogP contribution in [0.5, 0.6) is 0 Å².